The van der Waals surface area contributed by atoms with E-state index in [9.17, 15) is 4.79 Å². The van der Waals surface area contributed by atoms with Crippen molar-refractivity contribution in [1.29, 1.82) is 0 Å². The number of rotatable bonds is 5. The molecule has 0 unspecified atom stereocenters. The average Bonchev–Trinajstić information content (AvgIpc) is 3.15. The molecule has 3 rings (SSSR count). The molecule has 0 aliphatic heterocycles. The Morgan fingerprint density at radius 3 is 2.68 bits per heavy atom. The van der Waals surface area contributed by atoms with Gasteiger partial charge < -0.3 is 9.26 Å². The molecule has 128 valence electrons. The molecule has 0 aliphatic rings. The molecule has 0 N–H and O–H groups in total. The monoisotopic (exact) mass is 337 g/mol. The van der Waals surface area contributed by atoms with E-state index < -0.39 is 5.97 Å². The molecule has 2 heterocycles. The smallest absolute Gasteiger partial charge is 0.331 e. The third-order valence-corrected chi connectivity index (χ3v) is 3.77. The van der Waals surface area contributed by atoms with Crippen LogP contribution < -0.4 is 0 Å². The van der Waals surface area contributed by atoms with Crippen molar-refractivity contribution in [2.45, 2.75) is 27.4 Å². The SMILES string of the molecule is Cc1cc(COC(=O)/C=C/c2c(C)nn(-c3ccccc3)c2C)no1. The third-order valence-electron chi connectivity index (χ3n) is 3.77. The molecule has 2 aromatic heterocycles. The Balaban J connectivity index is 1.71. The number of nitrogens with zero attached hydrogens (tertiary/aromatic N) is 3. The maximum atomic E-state index is 11.9. The lowest BCUT2D eigenvalue weighted by Gasteiger charge is -2.03. The quantitative estimate of drug-likeness (QED) is 0.526. The number of esters is 1. The molecule has 25 heavy (non-hydrogen) atoms. The molecule has 0 fully saturated rings. The second-order valence-corrected chi connectivity index (χ2v) is 5.70. The van der Waals surface area contributed by atoms with Crippen LogP contribution in [0.1, 0.15) is 28.4 Å². The Morgan fingerprint density at radius 1 is 1.24 bits per heavy atom. The van der Waals surface area contributed by atoms with Gasteiger partial charge in [0.25, 0.3) is 0 Å². The van der Waals surface area contributed by atoms with Gasteiger partial charge in [-0.3, -0.25) is 0 Å². The van der Waals surface area contributed by atoms with E-state index in [4.69, 9.17) is 9.26 Å². The van der Waals surface area contributed by atoms with Gasteiger partial charge in [-0.05, 0) is 39.0 Å². The molecule has 0 bridgehead atoms. The molecular formula is C19H19N3O3. The fraction of sp³-hybridized carbons (Fsp3) is 0.211. The van der Waals surface area contributed by atoms with Crippen molar-refractivity contribution in [3.63, 3.8) is 0 Å². The lowest BCUT2D eigenvalue weighted by Crippen LogP contribution is -2.01. The Kier molecular flexibility index (Phi) is 4.79. The van der Waals surface area contributed by atoms with Crippen molar-refractivity contribution in [1.82, 2.24) is 14.9 Å². The molecule has 0 saturated heterocycles. The van der Waals surface area contributed by atoms with Crippen LogP contribution in [-0.4, -0.2) is 20.9 Å². The summed E-state index contributed by atoms with van der Waals surface area (Å²) in [7, 11) is 0. The number of hydrogen-bond acceptors (Lipinski definition) is 5. The van der Waals surface area contributed by atoms with Gasteiger partial charge in [-0.2, -0.15) is 5.10 Å². The predicted molar refractivity (Wildman–Crippen MR) is 93.1 cm³/mol. The topological polar surface area (TPSA) is 70.2 Å². The van der Waals surface area contributed by atoms with Crippen LogP contribution in [0.5, 0.6) is 0 Å². The molecule has 6 nitrogen and oxygen atoms in total. The fourth-order valence-electron chi connectivity index (χ4n) is 2.55. The fourth-order valence-corrected chi connectivity index (χ4v) is 2.55. The van der Waals surface area contributed by atoms with E-state index in [1.165, 1.54) is 6.08 Å². The molecule has 1 aromatic carbocycles. The number of benzene rings is 1. The lowest BCUT2D eigenvalue weighted by atomic mass is 10.2. The van der Waals surface area contributed by atoms with Crippen LogP contribution in [-0.2, 0) is 16.1 Å². The average molecular weight is 337 g/mol. The zero-order valence-corrected chi connectivity index (χ0v) is 14.4. The van der Waals surface area contributed by atoms with Gasteiger partial charge >= 0.3 is 5.97 Å². The van der Waals surface area contributed by atoms with Gasteiger partial charge in [0.2, 0.25) is 0 Å². The normalized spacial score (nSPS) is 11.2. The largest absolute Gasteiger partial charge is 0.456 e. The zero-order valence-electron chi connectivity index (χ0n) is 14.4. The number of carbonyl (C=O) groups is 1. The van der Waals surface area contributed by atoms with Crippen LogP contribution in [0.4, 0.5) is 0 Å². The van der Waals surface area contributed by atoms with E-state index in [1.807, 2.05) is 48.9 Å². The van der Waals surface area contributed by atoms with Gasteiger partial charge in [0.1, 0.15) is 18.1 Å². The lowest BCUT2D eigenvalue weighted by molar-refractivity contribution is -0.139. The Hall–Kier alpha value is -3.15. The van der Waals surface area contributed by atoms with Crippen molar-refractivity contribution in [3.8, 4) is 5.69 Å². The van der Waals surface area contributed by atoms with Crippen molar-refractivity contribution in [3.05, 3.63) is 70.9 Å². The number of ether oxygens (including phenoxy) is 1. The molecular weight excluding hydrogens is 318 g/mol. The first-order chi connectivity index (χ1) is 12.0. The van der Waals surface area contributed by atoms with Crippen LogP contribution in [0.3, 0.4) is 0 Å². The number of para-hydroxylation sites is 1. The Labute approximate surface area is 145 Å². The minimum absolute atomic E-state index is 0.0851. The highest BCUT2D eigenvalue weighted by Gasteiger charge is 2.11. The van der Waals surface area contributed by atoms with Gasteiger partial charge in [0, 0.05) is 23.4 Å². The minimum Gasteiger partial charge on any atom is -0.456 e. The van der Waals surface area contributed by atoms with Crippen molar-refractivity contribution in [2.75, 3.05) is 0 Å². The summed E-state index contributed by atoms with van der Waals surface area (Å²) < 4.78 is 12.0. The van der Waals surface area contributed by atoms with E-state index in [0.29, 0.717) is 11.5 Å². The maximum absolute atomic E-state index is 11.9. The Morgan fingerprint density at radius 2 is 2.00 bits per heavy atom. The van der Waals surface area contributed by atoms with Gasteiger partial charge in [-0.15, -0.1) is 0 Å². The zero-order chi connectivity index (χ0) is 17.8. The summed E-state index contributed by atoms with van der Waals surface area (Å²) in [5, 5.41) is 8.33. The van der Waals surface area contributed by atoms with Crippen molar-refractivity contribution in [2.24, 2.45) is 0 Å². The third kappa shape index (κ3) is 3.85. The van der Waals surface area contributed by atoms with E-state index in [0.717, 1.165) is 22.6 Å². The van der Waals surface area contributed by atoms with Crippen molar-refractivity contribution < 1.29 is 14.1 Å². The first-order valence-electron chi connectivity index (χ1n) is 7.93. The van der Waals surface area contributed by atoms with Gasteiger partial charge in [-0.1, -0.05) is 23.4 Å². The number of aryl methyl sites for hydroxylation is 2. The summed E-state index contributed by atoms with van der Waals surface area (Å²) in [6, 6.07) is 11.6. The summed E-state index contributed by atoms with van der Waals surface area (Å²) in [5.74, 6) is 0.244. The van der Waals surface area contributed by atoms with Crippen LogP contribution in [0, 0.1) is 20.8 Å². The second kappa shape index (κ2) is 7.17. The van der Waals surface area contributed by atoms with Gasteiger partial charge in [0.15, 0.2) is 0 Å². The standard InChI is InChI=1S/C19H19N3O3/c1-13-11-16(21-25-13)12-24-19(23)10-9-18-14(2)20-22(15(18)3)17-7-5-4-6-8-17/h4-11H,12H2,1-3H3/b10-9+. The van der Waals surface area contributed by atoms with Crippen LogP contribution in [0.25, 0.3) is 11.8 Å². The first-order valence-corrected chi connectivity index (χ1v) is 7.93. The molecule has 6 heteroatoms. The molecule has 3 aromatic rings. The maximum Gasteiger partial charge on any atom is 0.331 e. The van der Waals surface area contributed by atoms with E-state index >= 15 is 0 Å². The molecule has 0 spiro atoms. The minimum atomic E-state index is -0.438. The molecule has 0 atom stereocenters. The highest BCUT2D eigenvalue weighted by atomic mass is 16.5. The molecule has 0 radical (unpaired) electrons. The first kappa shape index (κ1) is 16.7. The summed E-state index contributed by atoms with van der Waals surface area (Å²) in [6.45, 7) is 5.75. The van der Waals surface area contributed by atoms with Crippen LogP contribution in [0.15, 0.2) is 47.0 Å². The van der Waals surface area contributed by atoms with E-state index in [1.54, 1.807) is 19.1 Å². The van der Waals surface area contributed by atoms with Gasteiger partial charge in [-0.25, -0.2) is 9.48 Å². The van der Waals surface area contributed by atoms with Crippen LogP contribution in [0.2, 0.25) is 0 Å². The second-order valence-electron chi connectivity index (χ2n) is 5.70. The summed E-state index contributed by atoms with van der Waals surface area (Å²) >= 11 is 0. The highest BCUT2D eigenvalue weighted by Crippen LogP contribution is 2.19. The number of aromatic nitrogens is 3. The number of carbonyl (C=O) groups excluding carboxylic acids is 1. The summed E-state index contributed by atoms with van der Waals surface area (Å²) in [6.07, 6.45) is 3.13. The van der Waals surface area contributed by atoms with E-state index in [-0.39, 0.29) is 6.61 Å². The molecule has 0 aliphatic carbocycles. The summed E-state index contributed by atoms with van der Waals surface area (Å²) in [5.41, 5.74) is 4.27. The number of hydrogen-bond donors (Lipinski definition) is 0. The highest BCUT2D eigenvalue weighted by molar-refractivity contribution is 5.87. The summed E-state index contributed by atoms with van der Waals surface area (Å²) in [4.78, 5) is 11.9. The molecule has 0 amide bonds. The predicted octanol–water partition coefficient (Wildman–Crippen LogP) is 3.54. The van der Waals surface area contributed by atoms with Crippen LogP contribution >= 0.6 is 0 Å². The van der Waals surface area contributed by atoms with Gasteiger partial charge in [0.05, 0.1) is 11.4 Å². The Bertz CT molecular complexity index is 907. The van der Waals surface area contributed by atoms with Crippen molar-refractivity contribution >= 4 is 12.0 Å². The van der Waals surface area contributed by atoms with E-state index in [2.05, 4.69) is 10.3 Å². The molecule has 0 saturated carbocycles.